The number of hydrogen-bond donors (Lipinski definition) is 0. The molecule has 1 amide bonds. The second kappa shape index (κ2) is 7.34. The number of carbonyl (C=O) groups excluding carboxylic acids is 1. The van der Waals surface area contributed by atoms with Gasteiger partial charge < -0.3 is 4.74 Å². The summed E-state index contributed by atoms with van der Waals surface area (Å²) in [5.74, 6) is 3.35. The molecule has 2 aliphatic carbocycles. The van der Waals surface area contributed by atoms with E-state index in [1.165, 1.54) is 31.2 Å². The van der Waals surface area contributed by atoms with Gasteiger partial charge in [-0.1, -0.05) is 24.2 Å². The molecular weight excluding hydrogens is 344 g/mol. The summed E-state index contributed by atoms with van der Waals surface area (Å²) < 4.78 is 4.73. The number of carbonyl (C=O) groups is 1. The lowest BCUT2D eigenvalue weighted by Gasteiger charge is -2.23. The minimum Gasteiger partial charge on any atom is -0.481 e. The van der Waals surface area contributed by atoms with E-state index in [0.29, 0.717) is 5.88 Å². The first-order valence-corrected chi connectivity index (χ1v) is 10.7. The number of aryl methyl sites for hydroxylation is 1. The quantitative estimate of drug-likeness (QED) is 0.698. The van der Waals surface area contributed by atoms with E-state index in [0.717, 1.165) is 48.5 Å². The van der Waals surface area contributed by atoms with Gasteiger partial charge >= 0.3 is 0 Å². The topological polar surface area (TPSA) is 51.5 Å². The van der Waals surface area contributed by atoms with Crippen molar-refractivity contribution in [2.45, 2.75) is 63.0 Å². The highest BCUT2D eigenvalue weighted by Crippen LogP contribution is 2.51. The van der Waals surface area contributed by atoms with Crippen LogP contribution in [-0.4, -0.2) is 27.8 Å². The van der Waals surface area contributed by atoms with E-state index in [2.05, 4.69) is 23.0 Å². The van der Waals surface area contributed by atoms with Crippen LogP contribution < -0.4 is 4.74 Å². The Morgan fingerprint density at radius 2 is 2.19 bits per heavy atom. The van der Waals surface area contributed by atoms with Crippen molar-refractivity contribution in [2.75, 3.05) is 7.11 Å². The summed E-state index contributed by atoms with van der Waals surface area (Å²) in [5, 5.41) is 1.10. The Morgan fingerprint density at radius 1 is 1.31 bits per heavy atom. The molecule has 5 heteroatoms. The number of hydrogen-bond acceptors (Lipinski definition) is 4. The molecule has 2 bridgehead atoms. The van der Waals surface area contributed by atoms with Gasteiger partial charge in [-0.3, -0.25) is 4.79 Å². The molecule has 2 saturated carbocycles. The molecule has 0 radical (unpaired) electrons. The summed E-state index contributed by atoms with van der Waals surface area (Å²) in [5.41, 5.74) is 1.19. The average Bonchev–Trinajstić information content (AvgIpc) is 3.31. The number of pyridine rings is 1. The fraction of sp³-hybridized carbons (Fsp3) is 0.667. The molecule has 4 atom stereocenters. The lowest BCUT2D eigenvalue weighted by Crippen LogP contribution is -2.27. The molecule has 1 aliphatic heterocycles. The highest BCUT2D eigenvalue weighted by Gasteiger charge is 2.44. The normalized spacial score (nSPS) is 32.9. The average molecular weight is 373 g/mol. The Hall–Kier alpha value is -1.36. The van der Waals surface area contributed by atoms with Crippen LogP contribution in [0.15, 0.2) is 23.3 Å². The number of fused-ring (bicyclic) bond motifs is 2. The molecule has 0 aromatic carbocycles. The lowest BCUT2D eigenvalue weighted by atomic mass is 9.87. The number of methoxy groups -OCH3 is 1. The Kier molecular flexibility index (Phi) is 5.09. The highest BCUT2D eigenvalue weighted by molar-refractivity contribution is 8.16. The predicted octanol–water partition coefficient (Wildman–Crippen LogP) is 4.67. The maximum absolute atomic E-state index is 12.5. The first kappa shape index (κ1) is 18.0. The summed E-state index contributed by atoms with van der Waals surface area (Å²) in [6.07, 6.45) is 11.3. The zero-order chi connectivity index (χ0) is 18.1. The first-order valence-electron chi connectivity index (χ1n) is 9.85. The number of amides is 1. The Bertz CT molecular complexity index is 702. The summed E-state index contributed by atoms with van der Waals surface area (Å²) in [6, 6.07) is 3.94. The maximum Gasteiger partial charge on any atom is 0.262 e. The SMILES string of the molecule is COc1ccc(CCCC2(C)SC(CC3CC4CCC3C4)=NC2=O)cn1. The number of ether oxygens (including phenoxy) is 1. The zero-order valence-electron chi connectivity index (χ0n) is 15.7. The molecule has 4 rings (SSSR count). The number of rotatable bonds is 7. The van der Waals surface area contributed by atoms with Gasteiger partial charge in [-0.2, -0.15) is 0 Å². The maximum atomic E-state index is 12.5. The van der Waals surface area contributed by atoms with Crippen LogP contribution in [-0.2, 0) is 11.2 Å². The second-order valence-corrected chi connectivity index (χ2v) is 9.92. The number of aromatic nitrogens is 1. The molecule has 0 N–H and O–H groups in total. The fourth-order valence-corrected chi connectivity index (χ4v) is 6.29. The van der Waals surface area contributed by atoms with Gasteiger partial charge in [0, 0.05) is 12.3 Å². The number of nitrogens with zero attached hydrogens (tertiary/aromatic N) is 2. The molecule has 4 nitrogen and oxygen atoms in total. The van der Waals surface area contributed by atoms with E-state index in [9.17, 15) is 4.79 Å². The largest absolute Gasteiger partial charge is 0.481 e. The molecule has 0 spiro atoms. The van der Waals surface area contributed by atoms with Crippen molar-refractivity contribution in [1.29, 1.82) is 0 Å². The molecule has 4 unspecified atom stereocenters. The monoisotopic (exact) mass is 372 g/mol. The van der Waals surface area contributed by atoms with Crippen molar-refractivity contribution in [3.8, 4) is 5.88 Å². The van der Waals surface area contributed by atoms with Crippen molar-refractivity contribution in [3.05, 3.63) is 23.9 Å². The summed E-state index contributed by atoms with van der Waals surface area (Å²) >= 11 is 1.74. The van der Waals surface area contributed by atoms with Gasteiger partial charge in [-0.15, -0.1) is 0 Å². The van der Waals surface area contributed by atoms with Gasteiger partial charge in [0.05, 0.1) is 16.9 Å². The van der Waals surface area contributed by atoms with Crippen LogP contribution in [0.5, 0.6) is 5.88 Å². The van der Waals surface area contributed by atoms with Crippen molar-refractivity contribution in [1.82, 2.24) is 4.98 Å². The van der Waals surface area contributed by atoms with Crippen molar-refractivity contribution in [2.24, 2.45) is 22.7 Å². The third-order valence-electron chi connectivity index (χ3n) is 6.47. The van der Waals surface area contributed by atoms with Gasteiger partial charge in [0.1, 0.15) is 0 Å². The van der Waals surface area contributed by atoms with Crippen LogP contribution in [0, 0.1) is 17.8 Å². The number of thioether (sulfide) groups is 1. The molecule has 3 aliphatic rings. The molecule has 26 heavy (non-hydrogen) atoms. The first-order chi connectivity index (χ1) is 12.6. The molecular formula is C21H28N2O2S. The standard InChI is InChI=1S/C21H28N2O2S/c1-21(9-3-4-14-6-8-18(25-2)22-13-14)20(24)23-19(26-21)12-17-11-15-5-7-16(17)10-15/h6,8,13,15-17H,3-5,7,9-12H2,1-2H3. The van der Waals surface area contributed by atoms with Crippen molar-refractivity contribution < 1.29 is 9.53 Å². The van der Waals surface area contributed by atoms with E-state index < -0.39 is 0 Å². The van der Waals surface area contributed by atoms with Gasteiger partial charge in [-0.05, 0) is 75.2 Å². The van der Waals surface area contributed by atoms with E-state index in [1.54, 1.807) is 18.9 Å². The highest BCUT2D eigenvalue weighted by atomic mass is 32.2. The van der Waals surface area contributed by atoms with Gasteiger partial charge in [-0.25, -0.2) is 9.98 Å². The van der Waals surface area contributed by atoms with Crippen LogP contribution in [0.4, 0.5) is 0 Å². The van der Waals surface area contributed by atoms with Crippen LogP contribution >= 0.6 is 11.8 Å². The molecule has 0 saturated heterocycles. The summed E-state index contributed by atoms with van der Waals surface area (Å²) in [7, 11) is 1.63. The Labute approximate surface area is 160 Å². The molecule has 2 heterocycles. The third-order valence-corrected chi connectivity index (χ3v) is 7.79. The van der Waals surface area contributed by atoms with Crippen LogP contribution in [0.2, 0.25) is 0 Å². The minimum atomic E-state index is -0.368. The predicted molar refractivity (Wildman–Crippen MR) is 106 cm³/mol. The van der Waals surface area contributed by atoms with E-state index in [1.807, 2.05) is 12.3 Å². The summed E-state index contributed by atoms with van der Waals surface area (Å²) in [4.78, 5) is 21.2. The molecule has 1 aromatic rings. The molecule has 1 aromatic heterocycles. The van der Waals surface area contributed by atoms with Gasteiger partial charge in [0.2, 0.25) is 5.88 Å². The third kappa shape index (κ3) is 3.68. The van der Waals surface area contributed by atoms with Gasteiger partial charge in [0.25, 0.3) is 5.91 Å². The Balaban J connectivity index is 1.27. The van der Waals surface area contributed by atoms with Crippen LogP contribution in [0.3, 0.4) is 0 Å². The van der Waals surface area contributed by atoms with Gasteiger partial charge in [0.15, 0.2) is 0 Å². The van der Waals surface area contributed by atoms with E-state index in [-0.39, 0.29) is 10.7 Å². The smallest absolute Gasteiger partial charge is 0.262 e. The number of aliphatic imine (C=N–C) groups is 1. The zero-order valence-corrected chi connectivity index (χ0v) is 16.6. The van der Waals surface area contributed by atoms with Crippen molar-refractivity contribution in [3.63, 3.8) is 0 Å². The van der Waals surface area contributed by atoms with Crippen LogP contribution in [0.25, 0.3) is 0 Å². The minimum absolute atomic E-state index is 0.0773. The van der Waals surface area contributed by atoms with Crippen LogP contribution in [0.1, 0.15) is 57.4 Å². The fourth-order valence-electron chi connectivity index (χ4n) is 4.96. The summed E-state index contributed by atoms with van der Waals surface area (Å²) in [6.45, 7) is 2.07. The molecule has 2 fully saturated rings. The second-order valence-electron chi connectivity index (χ2n) is 8.35. The molecule has 140 valence electrons. The van der Waals surface area contributed by atoms with Crippen molar-refractivity contribution >= 4 is 22.7 Å². The van der Waals surface area contributed by atoms with E-state index >= 15 is 0 Å². The lowest BCUT2D eigenvalue weighted by molar-refractivity contribution is -0.119. The Morgan fingerprint density at radius 3 is 2.85 bits per heavy atom. The van der Waals surface area contributed by atoms with E-state index in [4.69, 9.17) is 4.74 Å².